The summed E-state index contributed by atoms with van der Waals surface area (Å²) in [6.07, 6.45) is 5.57. The van der Waals surface area contributed by atoms with Crippen molar-refractivity contribution in [1.82, 2.24) is 25.9 Å². The van der Waals surface area contributed by atoms with Crippen LogP contribution in [0, 0.1) is 5.92 Å². The van der Waals surface area contributed by atoms with E-state index in [9.17, 15) is 29.1 Å². The molecule has 1 heterocycles. The summed E-state index contributed by atoms with van der Waals surface area (Å²) in [6, 6.07) is -1.55. The van der Waals surface area contributed by atoms with E-state index in [0.717, 1.165) is 5.69 Å². The van der Waals surface area contributed by atoms with E-state index in [1.807, 2.05) is 6.92 Å². The van der Waals surface area contributed by atoms with Gasteiger partial charge in [-0.2, -0.15) is 0 Å². The summed E-state index contributed by atoms with van der Waals surface area (Å²) >= 11 is 0. The summed E-state index contributed by atoms with van der Waals surface area (Å²) < 4.78 is 21.0. The Bertz CT molecular complexity index is 1030. The first-order valence-corrected chi connectivity index (χ1v) is 16.1. The number of nitrogens with two attached hydrogens (primary N) is 1. The van der Waals surface area contributed by atoms with Crippen LogP contribution in [0.15, 0.2) is 12.5 Å². The molecule has 0 saturated heterocycles. The summed E-state index contributed by atoms with van der Waals surface area (Å²) in [4.78, 5) is 67.8. The normalized spacial score (nSPS) is 13.1. The van der Waals surface area contributed by atoms with E-state index in [1.54, 1.807) is 6.20 Å². The number of imidazole rings is 1. The zero-order chi connectivity index (χ0) is 34.7. The Morgan fingerprint density at radius 2 is 1.55 bits per heavy atom. The molecule has 0 unspecified atom stereocenters. The molecular formula is C31H54N6O10. The maximum absolute atomic E-state index is 13.0. The van der Waals surface area contributed by atoms with Crippen molar-refractivity contribution in [1.29, 1.82) is 0 Å². The standard InChI is InChI=1S/C31H54N6O10/c1-3-44-12-14-46-21-31(43)35-10-11-45-13-15-47-20-30(42)34-9-5-4-6-24(29(41)18-36-27(19-38)23(2)39)7-8-28(40)26(32)16-25-17-33-22-37-25/h17,22,24,26-27,36,38H,3-16,18-21,32H2,1-2H3,(H,33,37)(H,34,42)(H,35,43)/t24-,26+,27+/m1/s1. The van der Waals surface area contributed by atoms with E-state index in [1.165, 1.54) is 13.3 Å². The second-order valence-electron chi connectivity index (χ2n) is 10.9. The first kappa shape index (κ1) is 41.9. The maximum Gasteiger partial charge on any atom is 0.246 e. The number of nitrogens with one attached hydrogen (secondary N) is 4. The number of unbranched alkanes of at least 4 members (excludes halogenated alkanes) is 1. The third-order valence-corrected chi connectivity index (χ3v) is 7.08. The Kier molecular flexibility index (Phi) is 24.0. The lowest BCUT2D eigenvalue weighted by molar-refractivity contribution is -0.127. The van der Waals surface area contributed by atoms with Gasteiger partial charge in [0.2, 0.25) is 11.8 Å². The van der Waals surface area contributed by atoms with E-state index in [-0.39, 0.29) is 68.6 Å². The van der Waals surface area contributed by atoms with Crippen LogP contribution in [0.25, 0.3) is 0 Å². The molecule has 0 bridgehead atoms. The number of hydrogen-bond acceptors (Lipinski definition) is 13. The Morgan fingerprint density at radius 1 is 0.894 bits per heavy atom. The van der Waals surface area contributed by atoms with Gasteiger partial charge in [-0.25, -0.2) is 4.98 Å². The zero-order valence-corrected chi connectivity index (χ0v) is 27.8. The van der Waals surface area contributed by atoms with Crippen molar-refractivity contribution in [2.24, 2.45) is 11.7 Å². The third-order valence-electron chi connectivity index (χ3n) is 7.08. The number of H-pyrrole nitrogens is 1. The van der Waals surface area contributed by atoms with Crippen molar-refractivity contribution >= 4 is 29.2 Å². The number of Topliss-reactive ketones (excluding diaryl/α,β-unsaturated/α-hetero) is 3. The van der Waals surface area contributed by atoms with Crippen LogP contribution in [0.4, 0.5) is 0 Å². The van der Waals surface area contributed by atoms with E-state index in [0.29, 0.717) is 71.6 Å². The summed E-state index contributed by atoms with van der Waals surface area (Å²) in [5.74, 6) is -1.58. The van der Waals surface area contributed by atoms with E-state index in [4.69, 9.17) is 24.7 Å². The van der Waals surface area contributed by atoms with Crippen molar-refractivity contribution in [3.63, 3.8) is 0 Å². The molecule has 16 nitrogen and oxygen atoms in total. The van der Waals surface area contributed by atoms with Gasteiger partial charge >= 0.3 is 0 Å². The molecule has 1 rings (SSSR count). The van der Waals surface area contributed by atoms with Crippen molar-refractivity contribution < 1.29 is 48.0 Å². The van der Waals surface area contributed by atoms with Crippen LogP contribution in [0.5, 0.6) is 0 Å². The molecule has 0 aliphatic carbocycles. The molecule has 0 radical (unpaired) electrons. The Balaban J connectivity index is 2.26. The number of aromatic nitrogens is 2. The van der Waals surface area contributed by atoms with E-state index >= 15 is 0 Å². The summed E-state index contributed by atoms with van der Waals surface area (Å²) in [5.41, 5.74) is 6.80. The number of ketones is 3. The highest BCUT2D eigenvalue weighted by molar-refractivity contribution is 5.87. The van der Waals surface area contributed by atoms with Crippen molar-refractivity contribution in [2.45, 2.75) is 64.5 Å². The first-order valence-electron chi connectivity index (χ1n) is 16.1. The van der Waals surface area contributed by atoms with Gasteiger partial charge in [0.15, 0.2) is 0 Å². The van der Waals surface area contributed by atoms with Crippen LogP contribution in [-0.2, 0) is 49.3 Å². The molecule has 16 heteroatoms. The smallest absolute Gasteiger partial charge is 0.246 e. The SMILES string of the molecule is CCOCCOCC(=O)NCCOCCOCC(=O)NCCCC[C@H](CCC(=O)[C@@H](N)Cc1cnc[nH]1)C(=O)CN[C@@H](CO)C(C)=O. The number of rotatable bonds is 31. The molecule has 1 aromatic rings. The maximum atomic E-state index is 13.0. The van der Waals surface area contributed by atoms with Gasteiger partial charge in [-0.3, -0.25) is 29.3 Å². The van der Waals surface area contributed by atoms with Crippen LogP contribution >= 0.6 is 0 Å². The monoisotopic (exact) mass is 670 g/mol. The molecule has 0 saturated carbocycles. The molecule has 1 aromatic heterocycles. The predicted octanol–water partition coefficient (Wildman–Crippen LogP) is -1.16. The van der Waals surface area contributed by atoms with Crippen LogP contribution < -0.4 is 21.7 Å². The van der Waals surface area contributed by atoms with Gasteiger partial charge in [-0.05, 0) is 33.1 Å². The molecule has 0 fully saturated rings. The lowest BCUT2D eigenvalue weighted by Crippen LogP contribution is -2.42. The molecule has 2 amide bonds. The number of nitrogens with zero attached hydrogens (tertiary/aromatic N) is 1. The second kappa shape index (κ2) is 26.9. The lowest BCUT2D eigenvalue weighted by Gasteiger charge is -2.19. The molecule has 0 aromatic carbocycles. The fraction of sp³-hybridized carbons (Fsp3) is 0.742. The van der Waals surface area contributed by atoms with Crippen LogP contribution in [-0.4, -0.2) is 135 Å². The van der Waals surface area contributed by atoms with Gasteiger partial charge in [-0.1, -0.05) is 6.42 Å². The number of ether oxygens (including phenoxy) is 4. The minimum atomic E-state index is -0.831. The quantitative estimate of drug-likeness (QED) is 0.0513. The summed E-state index contributed by atoms with van der Waals surface area (Å²) in [7, 11) is 0. The number of carbonyl (C=O) groups is 5. The lowest BCUT2D eigenvalue weighted by atomic mass is 9.90. The Hall–Kier alpha value is -3.12. The fourth-order valence-corrected chi connectivity index (χ4v) is 4.34. The minimum Gasteiger partial charge on any atom is -0.394 e. The minimum absolute atomic E-state index is 0.0421. The largest absolute Gasteiger partial charge is 0.394 e. The molecule has 0 spiro atoms. The predicted molar refractivity (Wildman–Crippen MR) is 171 cm³/mol. The average Bonchev–Trinajstić information content (AvgIpc) is 3.56. The van der Waals surface area contributed by atoms with Gasteiger partial charge in [0, 0.05) is 50.3 Å². The van der Waals surface area contributed by atoms with E-state index in [2.05, 4.69) is 25.9 Å². The molecule has 0 aliphatic rings. The van der Waals surface area contributed by atoms with Gasteiger partial charge in [0.05, 0.1) is 64.6 Å². The van der Waals surface area contributed by atoms with Gasteiger partial charge in [0.1, 0.15) is 30.6 Å². The summed E-state index contributed by atoms with van der Waals surface area (Å²) in [6.45, 7) is 5.40. The highest BCUT2D eigenvalue weighted by Gasteiger charge is 2.23. The molecule has 0 aliphatic heterocycles. The van der Waals surface area contributed by atoms with Crippen molar-refractivity contribution in [3.05, 3.63) is 18.2 Å². The topological polar surface area (TPSA) is 233 Å². The van der Waals surface area contributed by atoms with Gasteiger partial charge in [0.25, 0.3) is 0 Å². The van der Waals surface area contributed by atoms with Gasteiger partial charge in [-0.15, -0.1) is 0 Å². The Labute approximate surface area is 276 Å². The molecule has 3 atom stereocenters. The zero-order valence-electron chi connectivity index (χ0n) is 27.8. The van der Waals surface area contributed by atoms with Gasteiger partial charge < -0.3 is 45.4 Å². The number of aliphatic hydroxyl groups is 1. The van der Waals surface area contributed by atoms with Crippen molar-refractivity contribution in [2.75, 3.05) is 79.1 Å². The van der Waals surface area contributed by atoms with Crippen LogP contribution in [0.1, 0.15) is 51.6 Å². The average molecular weight is 671 g/mol. The number of amides is 2. The number of aromatic amines is 1. The van der Waals surface area contributed by atoms with Crippen molar-refractivity contribution in [3.8, 4) is 0 Å². The molecule has 7 N–H and O–H groups in total. The molecule has 268 valence electrons. The fourth-order valence-electron chi connectivity index (χ4n) is 4.34. The number of carbonyl (C=O) groups excluding carboxylic acids is 5. The number of aliphatic hydroxyl groups excluding tert-OH is 1. The highest BCUT2D eigenvalue weighted by Crippen LogP contribution is 2.17. The second-order valence-corrected chi connectivity index (χ2v) is 10.9. The highest BCUT2D eigenvalue weighted by atomic mass is 16.5. The van der Waals surface area contributed by atoms with Crippen LogP contribution in [0.2, 0.25) is 0 Å². The summed E-state index contributed by atoms with van der Waals surface area (Å²) in [5, 5.41) is 17.6. The third kappa shape index (κ3) is 21.4. The van der Waals surface area contributed by atoms with E-state index < -0.39 is 24.6 Å². The number of hydrogen-bond donors (Lipinski definition) is 6. The molecular weight excluding hydrogens is 616 g/mol. The molecule has 47 heavy (non-hydrogen) atoms. The Morgan fingerprint density at radius 3 is 2.17 bits per heavy atom. The first-order chi connectivity index (χ1) is 22.7. The van der Waals surface area contributed by atoms with Crippen LogP contribution in [0.3, 0.4) is 0 Å².